The van der Waals surface area contributed by atoms with Crippen LogP contribution >= 0.6 is 15.9 Å². The number of aromatic carboxylic acids is 1. The topological polar surface area (TPSA) is 62.5 Å². The molecule has 0 aliphatic heterocycles. The van der Waals surface area contributed by atoms with E-state index in [2.05, 4.69) is 21.2 Å². The number of carboxylic acids is 1. The number of hydrogen-bond acceptors (Lipinski definition) is 3. The van der Waals surface area contributed by atoms with Crippen LogP contribution in [0.3, 0.4) is 0 Å². The molecular formula is C12H10BrNO3. The Morgan fingerprint density at radius 1 is 1.41 bits per heavy atom. The van der Waals surface area contributed by atoms with E-state index in [9.17, 15) is 4.79 Å². The molecule has 0 atom stereocenters. The molecule has 1 aromatic heterocycles. The number of hydrogen-bond donors (Lipinski definition) is 2. The lowest BCUT2D eigenvalue weighted by Gasteiger charge is -2.05. The van der Waals surface area contributed by atoms with Crippen molar-refractivity contribution in [3.8, 4) is 0 Å². The zero-order valence-electron chi connectivity index (χ0n) is 8.81. The predicted molar refractivity (Wildman–Crippen MR) is 67.1 cm³/mol. The van der Waals surface area contributed by atoms with Gasteiger partial charge in [0.05, 0.1) is 6.26 Å². The van der Waals surface area contributed by atoms with E-state index in [0.717, 1.165) is 10.2 Å². The fourth-order valence-corrected chi connectivity index (χ4v) is 1.86. The van der Waals surface area contributed by atoms with E-state index in [1.54, 1.807) is 6.07 Å². The van der Waals surface area contributed by atoms with Crippen LogP contribution in [-0.4, -0.2) is 11.1 Å². The third-order valence-electron chi connectivity index (χ3n) is 2.25. The fourth-order valence-electron chi connectivity index (χ4n) is 1.46. The van der Waals surface area contributed by atoms with Crippen molar-refractivity contribution >= 4 is 27.6 Å². The van der Waals surface area contributed by atoms with Gasteiger partial charge in [-0.25, -0.2) is 4.79 Å². The zero-order chi connectivity index (χ0) is 12.3. The molecule has 0 fully saturated rings. The summed E-state index contributed by atoms with van der Waals surface area (Å²) < 4.78 is 5.86. The quantitative estimate of drug-likeness (QED) is 0.908. The molecular weight excluding hydrogens is 286 g/mol. The second-order valence-corrected chi connectivity index (χ2v) is 4.36. The van der Waals surface area contributed by atoms with Crippen LogP contribution in [0.5, 0.6) is 0 Å². The molecule has 88 valence electrons. The first-order valence-corrected chi connectivity index (χ1v) is 5.75. The minimum Gasteiger partial charge on any atom is -0.475 e. The Morgan fingerprint density at radius 2 is 2.24 bits per heavy atom. The van der Waals surface area contributed by atoms with E-state index in [1.807, 2.05) is 24.3 Å². The van der Waals surface area contributed by atoms with E-state index in [-0.39, 0.29) is 5.76 Å². The van der Waals surface area contributed by atoms with Gasteiger partial charge in [0.1, 0.15) is 0 Å². The van der Waals surface area contributed by atoms with Crippen molar-refractivity contribution in [2.24, 2.45) is 0 Å². The molecule has 0 spiro atoms. The molecule has 2 aromatic rings. The van der Waals surface area contributed by atoms with Gasteiger partial charge in [-0.3, -0.25) is 0 Å². The number of benzene rings is 1. The van der Waals surface area contributed by atoms with Gasteiger partial charge >= 0.3 is 5.97 Å². The average Bonchev–Trinajstić information content (AvgIpc) is 2.74. The summed E-state index contributed by atoms with van der Waals surface area (Å²) in [5, 5.41) is 12.0. The molecule has 2 rings (SSSR count). The maximum atomic E-state index is 10.8. The molecule has 2 N–H and O–H groups in total. The third-order valence-corrected chi connectivity index (χ3v) is 2.74. The van der Waals surface area contributed by atoms with Crippen LogP contribution in [0.15, 0.2) is 45.5 Å². The van der Waals surface area contributed by atoms with Gasteiger partial charge in [-0.1, -0.05) is 22.0 Å². The number of anilines is 1. The molecule has 0 aliphatic rings. The molecule has 0 radical (unpaired) electrons. The molecule has 0 amide bonds. The van der Waals surface area contributed by atoms with E-state index in [4.69, 9.17) is 9.52 Å². The number of rotatable bonds is 4. The number of furan rings is 1. The van der Waals surface area contributed by atoms with Gasteiger partial charge < -0.3 is 14.8 Å². The van der Waals surface area contributed by atoms with Crippen LogP contribution in [0, 0.1) is 0 Å². The van der Waals surface area contributed by atoms with Gasteiger partial charge in [0.15, 0.2) is 0 Å². The number of nitrogens with one attached hydrogen (secondary N) is 1. The van der Waals surface area contributed by atoms with E-state index in [1.165, 1.54) is 6.26 Å². The van der Waals surface area contributed by atoms with Crippen molar-refractivity contribution in [1.82, 2.24) is 0 Å². The van der Waals surface area contributed by atoms with Crippen molar-refractivity contribution < 1.29 is 14.3 Å². The van der Waals surface area contributed by atoms with Gasteiger partial charge in [-0.2, -0.15) is 0 Å². The standard InChI is InChI=1S/C12H10BrNO3/c13-9-2-1-3-10(6-9)14-7-8-4-5-17-11(8)12(15)16/h1-6,14H,7H2,(H,15,16). The molecule has 0 saturated carbocycles. The summed E-state index contributed by atoms with van der Waals surface area (Å²) >= 11 is 3.37. The molecule has 4 nitrogen and oxygen atoms in total. The Bertz CT molecular complexity index is 536. The molecule has 17 heavy (non-hydrogen) atoms. The number of carbonyl (C=O) groups is 1. The van der Waals surface area contributed by atoms with Crippen molar-refractivity contribution in [3.63, 3.8) is 0 Å². The third kappa shape index (κ3) is 2.88. The lowest BCUT2D eigenvalue weighted by atomic mass is 10.2. The van der Waals surface area contributed by atoms with Gasteiger partial charge in [0.25, 0.3) is 0 Å². The molecule has 1 aromatic carbocycles. The van der Waals surface area contributed by atoms with Gasteiger partial charge in [0, 0.05) is 22.3 Å². The molecule has 0 aliphatic carbocycles. The second-order valence-electron chi connectivity index (χ2n) is 3.44. The Labute approximate surface area is 106 Å². The van der Waals surface area contributed by atoms with Crippen molar-refractivity contribution in [3.05, 3.63) is 52.4 Å². The van der Waals surface area contributed by atoms with Gasteiger partial charge in [0.2, 0.25) is 5.76 Å². The minimum atomic E-state index is -1.05. The van der Waals surface area contributed by atoms with Crippen LogP contribution in [0.25, 0.3) is 0 Å². The monoisotopic (exact) mass is 295 g/mol. The first-order chi connectivity index (χ1) is 8.16. The molecule has 1 heterocycles. The van der Waals surface area contributed by atoms with Gasteiger partial charge in [-0.05, 0) is 24.3 Å². The summed E-state index contributed by atoms with van der Waals surface area (Å²) in [6.45, 7) is 0.411. The highest BCUT2D eigenvalue weighted by Crippen LogP contribution is 2.18. The van der Waals surface area contributed by atoms with Crippen LogP contribution in [0.1, 0.15) is 16.1 Å². The Morgan fingerprint density at radius 3 is 2.94 bits per heavy atom. The smallest absolute Gasteiger partial charge is 0.372 e. The van der Waals surface area contributed by atoms with Crippen LogP contribution < -0.4 is 5.32 Å². The lowest BCUT2D eigenvalue weighted by molar-refractivity contribution is 0.0661. The lowest BCUT2D eigenvalue weighted by Crippen LogP contribution is -2.04. The van der Waals surface area contributed by atoms with Crippen LogP contribution in [0.4, 0.5) is 5.69 Å². The zero-order valence-corrected chi connectivity index (χ0v) is 10.4. The van der Waals surface area contributed by atoms with Crippen molar-refractivity contribution in [2.45, 2.75) is 6.54 Å². The molecule has 0 saturated heterocycles. The number of halogens is 1. The average molecular weight is 296 g/mol. The Balaban J connectivity index is 2.07. The van der Waals surface area contributed by atoms with Crippen molar-refractivity contribution in [1.29, 1.82) is 0 Å². The summed E-state index contributed by atoms with van der Waals surface area (Å²) in [6, 6.07) is 9.30. The SMILES string of the molecule is O=C(O)c1occc1CNc1cccc(Br)c1. The highest BCUT2D eigenvalue weighted by Gasteiger charge is 2.13. The predicted octanol–water partition coefficient (Wildman–Crippen LogP) is 3.35. The van der Waals surface area contributed by atoms with Crippen LogP contribution in [0.2, 0.25) is 0 Å². The Hall–Kier alpha value is -1.75. The van der Waals surface area contributed by atoms with Crippen LogP contribution in [-0.2, 0) is 6.54 Å². The summed E-state index contributed by atoms with van der Waals surface area (Å²) in [7, 11) is 0. The van der Waals surface area contributed by atoms with Crippen molar-refractivity contribution in [2.75, 3.05) is 5.32 Å². The minimum absolute atomic E-state index is 0.0208. The molecule has 5 heteroatoms. The maximum Gasteiger partial charge on any atom is 0.372 e. The van der Waals surface area contributed by atoms with Gasteiger partial charge in [-0.15, -0.1) is 0 Å². The number of carboxylic acid groups (broad SMARTS) is 1. The largest absolute Gasteiger partial charge is 0.475 e. The Kier molecular flexibility index (Phi) is 3.49. The molecule has 0 unspecified atom stereocenters. The molecule has 0 bridgehead atoms. The van der Waals surface area contributed by atoms with E-state index in [0.29, 0.717) is 12.1 Å². The fraction of sp³-hybridized carbons (Fsp3) is 0.0833. The van der Waals surface area contributed by atoms with E-state index >= 15 is 0 Å². The highest BCUT2D eigenvalue weighted by molar-refractivity contribution is 9.10. The maximum absolute atomic E-state index is 10.8. The normalized spacial score (nSPS) is 10.2. The highest BCUT2D eigenvalue weighted by atomic mass is 79.9. The summed E-state index contributed by atoms with van der Waals surface area (Å²) in [6.07, 6.45) is 1.38. The summed E-state index contributed by atoms with van der Waals surface area (Å²) in [5.74, 6) is -1.08. The summed E-state index contributed by atoms with van der Waals surface area (Å²) in [4.78, 5) is 10.8. The summed E-state index contributed by atoms with van der Waals surface area (Å²) in [5.41, 5.74) is 1.54. The van der Waals surface area contributed by atoms with E-state index < -0.39 is 5.97 Å². The first kappa shape index (κ1) is 11.7. The second kappa shape index (κ2) is 5.05. The first-order valence-electron chi connectivity index (χ1n) is 4.96.